The molecule has 39 heavy (non-hydrogen) atoms. The lowest BCUT2D eigenvalue weighted by atomic mass is 10.0. The number of hydrogen-bond donors (Lipinski definition) is 1. The highest BCUT2D eigenvalue weighted by molar-refractivity contribution is 5.94. The molecule has 0 radical (unpaired) electrons. The molecule has 3 aromatic rings. The Kier molecular flexibility index (Phi) is 8.98. The summed E-state index contributed by atoms with van der Waals surface area (Å²) >= 11 is 0. The Morgan fingerprint density at radius 3 is 2.28 bits per heavy atom. The lowest BCUT2D eigenvalue weighted by Crippen LogP contribution is -2.45. The molecule has 1 amide bonds. The molecule has 10 heteroatoms. The van der Waals surface area contributed by atoms with E-state index in [2.05, 4.69) is 9.88 Å². The van der Waals surface area contributed by atoms with E-state index in [0.717, 1.165) is 48.2 Å². The highest BCUT2D eigenvalue weighted by Crippen LogP contribution is 2.27. The van der Waals surface area contributed by atoms with Gasteiger partial charge in [0, 0.05) is 44.0 Å². The smallest absolute Gasteiger partial charge is 0.433 e. The molecule has 1 aliphatic heterocycles. The number of hydrogen-bond acceptors (Lipinski definition) is 5. The van der Waals surface area contributed by atoms with Crippen molar-refractivity contribution in [2.45, 2.75) is 25.2 Å². The van der Waals surface area contributed by atoms with Gasteiger partial charge in [-0.2, -0.15) is 13.2 Å². The summed E-state index contributed by atoms with van der Waals surface area (Å²) in [5.41, 5.74) is 1.74. The predicted octanol–water partition coefficient (Wildman–Crippen LogP) is 4.67. The second-order valence-electron chi connectivity index (χ2n) is 9.08. The van der Waals surface area contributed by atoms with Crippen molar-refractivity contribution in [2.24, 2.45) is 0 Å². The Morgan fingerprint density at radius 2 is 1.69 bits per heavy atom. The number of benzene rings is 2. The van der Waals surface area contributed by atoms with Crippen LogP contribution < -0.4 is 4.90 Å². The van der Waals surface area contributed by atoms with E-state index < -0.39 is 29.8 Å². The van der Waals surface area contributed by atoms with Crippen molar-refractivity contribution < 1.29 is 32.6 Å². The first-order valence-corrected chi connectivity index (χ1v) is 12.4. The zero-order valence-corrected chi connectivity index (χ0v) is 21.1. The van der Waals surface area contributed by atoms with E-state index in [-0.39, 0.29) is 18.5 Å². The maximum atomic E-state index is 13.4. The minimum atomic E-state index is -4.57. The van der Waals surface area contributed by atoms with E-state index in [1.165, 1.54) is 17.0 Å². The number of carboxylic acids is 1. The SMILES string of the molecule is O=C(O)[C@H](Cc1ccccc1)N(Cc1ccc(N2CCOCC2)cc1)C(=O)/C=C/c1ccc(C(F)(F)F)nc1. The Morgan fingerprint density at radius 1 is 1.00 bits per heavy atom. The van der Waals surface area contributed by atoms with Crippen molar-refractivity contribution in [2.75, 3.05) is 31.2 Å². The largest absolute Gasteiger partial charge is 0.480 e. The number of amides is 1. The maximum absolute atomic E-state index is 13.4. The molecular weight excluding hydrogens is 511 g/mol. The summed E-state index contributed by atoms with van der Waals surface area (Å²) in [5.74, 6) is -1.75. The Labute approximate surface area is 224 Å². The second kappa shape index (κ2) is 12.6. The van der Waals surface area contributed by atoms with Gasteiger partial charge in [0.2, 0.25) is 5.91 Å². The van der Waals surface area contributed by atoms with Crippen LogP contribution in [0, 0.1) is 0 Å². The summed E-state index contributed by atoms with van der Waals surface area (Å²) in [6.07, 6.45) is -0.986. The number of aromatic nitrogens is 1. The topological polar surface area (TPSA) is 83.0 Å². The molecule has 0 bridgehead atoms. The molecule has 0 unspecified atom stereocenters. The highest BCUT2D eigenvalue weighted by Gasteiger charge is 2.32. The predicted molar refractivity (Wildman–Crippen MR) is 140 cm³/mol. The van der Waals surface area contributed by atoms with Crippen molar-refractivity contribution in [3.05, 3.63) is 101 Å². The number of carbonyl (C=O) groups is 2. The minimum absolute atomic E-state index is 0.0294. The van der Waals surface area contributed by atoms with Gasteiger partial charge >= 0.3 is 12.1 Å². The van der Waals surface area contributed by atoms with Crippen LogP contribution in [-0.4, -0.2) is 59.2 Å². The first-order valence-electron chi connectivity index (χ1n) is 12.4. The number of halogens is 3. The Hall–Kier alpha value is -4.18. The molecular formula is C29H28F3N3O4. The third-order valence-electron chi connectivity index (χ3n) is 6.38. The van der Waals surface area contributed by atoms with Gasteiger partial charge < -0.3 is 19.6 Å². The van der Waals surface area contributed by atoms with E-state index in [1.54, 1.807) is 24.3 Å². The number of pyridine rings is 1. The molecule has 1 aromatic heterocycles. The number of nitrogens with zero attached hydrogens (tertiary/aromatic N) is 3. The summed E-state index contributed by atoms with van der Waals surface area (Å²) in [7, 11) is 0. The molecule has 1 saturated heterocycles. The average Bonchev–Trinajstić information content (AvgIpc) is 2.94. The fraction of sp³-hybridized carbons (Fsp3) is 0.276. The number of carbonyl (C=O) groups excluding carboxylic acids is 1. The summed E-state index contributed by atoms with van der Waals surface area (Å²) in [6.45, 7) is 2.86. The van der Waals surface area contributed by atoms with Crippen LogP contribution in [0.4, 0.5) is 18.9 Å². The second-order valence-corrected chi connectivity index (χ2v) is 9.08. The van der Waals surface area contributed by atoms with Crippen molar-refractivity contribution in [1.29, 1.82) is 0 Å². The number of anilines is 1. The molecule has 0 aliphatic carbocycles. The highest BCUT2D eigenvalue weighted by atomic mass is 19.4. The molecule has 4 rings (SSSR count). The van der Waals surface area contributed by atoms with E-state index >= 15 is 0 Å². The summed E-state index contributed by atoms with van der Waals surface area (Å²) < 4.78 is 43.8. The summed E-state index contributed by atoms with van der Waals surface area (Å²) in [6, 6.07) is 17.4. The minimum Gasteiger partial charge on any atom is -0.480 e. The van der Waals surface area contributed by atoms with Crippen LogP contribution in [0.5, 0.6) is 0 Å². The molecule has 1 atom stereocenters. The number of ether oxygens (including phenoxy) is 1. The van der Waals surface area contributed by atoms with Gasteiger partial charge in [-0.15, -0.1) is 0 Å². The molecule has 0 saturated carbocycles. The molecule has 1 N–H and O–H groups in total. The number of alkyl halides is 3. The maximum Gasteiger partial charge on any atom is 0.433 e. The van der Waals surface area contributed by atoms with Gasteiger partial charge in [0.15, 0.2) is 0 Å². The monoisotopic (exact) mass is 539 g/mol. The van der Waals surface area contributed by atoms with Gasteiger partial charge in [0.25, 0.3) is 0 Å². The summed E-state index contributed by atoms with van der Waals surface area (Å²) in [5, 5.41) is 10.1. The molecule has 0 spiro atoms. The standard InChI is InChI=1S/C29H28F3N3O4/c30-29(31,32)26-12-8-22(19-33-26)9-13-27(36)35(25(28(37)38)18-21-4-2-1-3-5-21)20-23-6-10-24(11-7-23)34-14-16-39-17-15-34/h1-13,19,25H,14-18,20H2,(H,37,38)/b13-9+/t25-/m0/s1. The molecule has 204 valence electrons. The zero-order chi connectivity index (χ0) is 27.8. The number of morpholine rings is 1. The fourth-order valence-electron chi connectivity index (χ4n) is 4.28. The Balaban J connectivity index is 1.57. The Bertz CT molecular complexity index is 1270. The van der Waals surface area contributed by atoms with Gasteiger partial charge in [-0.05, 0) is 41.0 Å². The number of carboxylic acid groups (broad SMARTS) is 1. The molecule has 1 aliphatic rings. The van der Waals surface area contributed by atoms with Crippen molar-refractivity contribution >= 4 is 23.6 Å². The lowest BCUT2D eigenvalue weighted by Gasteiger charge is -2.30. The van der Waals surface area contributed by atoms with E-state index in [0.29, 0.717) is 13.2 Å². The number of aliphatic carboxylic acids is 1. The van der Waals surface area contributed by atoms with Crippen LogP contribution in [0.3, 0.4) is 0 Å². The first kappa shape index (κ1) is 27.8. The number of rotatable bonds is 9. The van der Waals surface area contributed by atoms with Gasteiger partial charge in [-0.1, -0.05) is 48.5 Å². The summed E-state index contributed by atoms with van der Waals surface area (Å²) in [4.78, 5) is 32.5. The van der Waals surface area contributed by atoms with Crippen LogP contribution in [-0.2, 0) is 33.5 Å². The van der Waals surface area contributed by atoms with Crippen LogP contribution in [0.2, 0.25) is 0 Å². The van der Waals surface area contributed by atoms with Crippen LogP contribution in [0.1, 0.15) is 22.4 Å². The molecule has 2 aromatic carbocycles. The molecule has 7 nitrogen and oxygen atoms in total. The van der Waals surface area contributed by atoms with Gasteiger partial charge in [-0.3, -0.25) is 9.78 Å². The normalized spacial score (nSPS) is 14.8. The molecule has 1 fully saturated rings. The third kappa shape index (κ3) is 7.67. The van der Waals surface area contributed by atoms with Crippen LogP contribution in [0.15, 0.2) is 79.0 Å². The van der Waals surface area contributed by atoms with E-state index in [1.807, 2.05) is 30.3 Å². The van der Waals surface area contributed by atoms with E-state index in [9.17, 15) is 27.9 Å². The van der Waals surface area contributed by atoms with E-state index in [4.69, 9.17) is 4.74 Å². The fourth-order valence-corrected chi connectivity index (χ4v) is 4.28. The molecule has 2 heterocycles. The van der Waals surface area contributed by atoms with Crippen molar-refractivity contribution in [3.8, 4) is 0 Å². The van der Waals surface area contributed by atoms with Crippen molar-refractivity contribution in [3.63, 3.8) is 0 Å². The van der Waals surface area contributed by atoms with Crippen molar-refractivity contribution in [1.82, 2.24) is 9.88 Å². The van der Waals surface area contributed by atoms with Gasteiger partial charge in [0.1, 0.15) is 11.7 Å². The lowest BCUT2D eigenvalue weighted by molar-refractivity contribution is -0.148. The van der Waals surface area contributed by atoms with Crippen LogP contribution in [0.25, 0.3) is 6.08 Å². The average molecular weight is 540 g/mol. The third-order valence-corrected chi connectivity index (χ3v) is 6.38. The van der Waals surface area contributed by atoms with Gasteiger partial charge in [-0.25, -0.2) is 4.79 Å². The zero-order valence-electron chi connectivity index (χ0n) is 21.1. The van der Waals surface area contributed by atoms with Gasteiger partial charge in [0.05, 0.1) is 13.2 Å². The first-order chi connectivity index (χ1) is 18.7. The quantitative estimate of drug-likeness (QED) is 0.398. The van der Waals surface area contributed by atoms with Crippen LogP contribution >= 0.6 is 0 Å².